The molecule has 0 radical (unpaired) electrons. The third kappa shape index (κ3) is 3.20. The van der Waals surface area contributed by atoms with E-state index in [1.165, 1.54) is 4.90 Å². The number of carbonyl (C=O) groups excluding carboxylic acids is 1. The van der Waals surface area contributed by atoms with Crippen molar-refractivity contribution in [1.82, 2.24) is 4.90 Å². The van der Waals surface area contributed by atoms with E-state index >= 15 is 0 Å². The smallest absolute Gasteiger partial charge is 0.410 e. The molecule has 1 fully saturated rings. The topological polar surface area (TPSA) is 49.8 Å². The van der Waals surface area contributed by atoms with E-state index in [1.807, 2.05) is 30.3 Å². The molecule has 5 heteroatoms. The monoisotopic (exact) mass is 299 g/mol. The van der Waals surface area contributed by atoms with Crippen LogP contribution < -0.4 is 0 Å². The molecule has 0 unspecified atom stereocenters. The molecule has 92 valence electrons. The van der Waals surface area contributed by atoms with Crippen LogP contribution in [0.5, 0.6) is 0 Å². The number of amides is 1. The number of halogens is 1. The number of β-amino-alcohol motifs (C(OH)–C–C–N with tert-alkyl or cyclic N) is 1. The molecule has 2 atom stereocenters. The number of alkyl halides is 1. The second-order valence-electron chi connectivity index (χ2n) is 4.03. The maximum absolute atomic E-state index is 11.7. The highest BCUT2D eigenvalue weighted by atomic mass is 79.9. The molecule has 1 saturated heterocycles. The Hall–Kier alpha value is -1.07. The highest BCUT2D eigenvalue weighted by Gasteiger charge is 2.32. The van der Waals surface area contributed by atoms with E-state index in [4.69, 9.17) is 4.74 Å². The first-order valence-electron chi connectivity index (χ1n) is 5.44. The number of aliphatic hydroxyl groups is 1. The van der Waals surface area contributed by atoms with Crippen LogP contribution in [0.15, 0.2) is 30.3 Å². The molecule has 4 nitrogen and oxygen atoms in total. The van der Waals surface area contributed by atoms with Crippen molar-refractivity contribution in [2.45, 2.75) is 17.5 Å². The van der Waals surface area contributed by atoms with Crippen molar-refractivity contribution in [1.29, 1.82) is 0 Å². The molecule has 1 aromatic rings. The van der Waals surface area contributed by atoms with Crippen LogP contribution in [-0.2, 0) is 11.3 Å². The first-order valence-corrected chi connectivity index (χ1v) is 6.36. The molecule has 1 aromatic carbocycles. The highest BCUT2D eigenvalue weighted by molar-refractivity contribution is 9.09. The molecule has 0 saturated carbocycles. The molecule has 0 spiro atoms. The summed E-state index contributed by atoms with van der Waals surface area (Å²) in [4.78, 5) is 13.1. The lowest BCUT2D eigenvalue weighted by atomic mass is 10.2. The fraction of sp³-hybridized carbons (Fsp3) is 0.417. The van der Waals surface area contributed by atoms with Crippen molar-refractivity contribution in [3.05, 3.63) is 35.9 Å². The standard InChI is InChI=1S/C12H14BrNO3/c13-10-6-14(7-11(10)15)12(16)17-8-9-4-2-1-3-5-9/h1-5,10-11,15H,6-8H2/t10-,11+/m1/s1. The van der Waals surface area contributed by atoms with Crippen molar-refractivity contribution in [3.8, 4) is 0 Å². The van der Waals surface area contributed by atoms with Crippen LogP contribution in [-0.4, -0.2) is 40.1 Å². The van der Waals surface area contributed by atoms with Gasteiger partial charge in [0.05, 0.1) is 17.5 Å². The summed E-state index contributed by atoms with van der Waals surface area (Å²) < 4.78 is 5.16. The second-order valence-corrected chi connectivity index (χ2v) is 5.20. The Morgan fingerprint density at radius 2 is 2.12 bits per heavy atom. The first-order chi connectivity index (χ1) is 8.16. The van der Waals surface area contributed by atoms with Gasteiger partial charge in [0.2, 0.25) is 0 Å². The van der Waals surface area contributed by atoms with Crippen LogP contribution >= 0.6 is 15.9 Å². The molecule has 1 N–H and O–H groups in total. The van der Waals surface area contributed by atoms with Gasteiger partial charge in [-0.15, -0.1) is 0 Å². The molecule has 2 rings (SSSR count). The summed E-state index contributed by atoms with van der Waals surface area (Å²) in [6.45, 7) is 1.07. The average Bonchev–Trinajstić information content (AvgIpc) is 2.68. The lowest BCUT2D eigenvalue weighted by molar-refractivity contribution is 0.0972. The van der Waals surface area contributed by atoms with Gasteiger partial charge < -0.3 is 14.7 Å². The van der Waals surface area contributed by atoms with Gasteiger partial charge in [0.25, 0.3) is 0 Å². The molecular formula is C12H14BrNO3. The summed E-state index contributed by atoms with van der Waals surface area (Å²) in [7, 11) is 0. The van der Waals surface area contributed by atoms with E-state index in [2.05, 4.69) is 15.9 Å². The average molecular weight is 300 g/mol. The normalized spacial score (nSPS) is 23.8. The van der Waals surface area contributed by atoms with Crippen LogP contribution in [0.1, 0.15) is 5.56 Å². The zero-order chi connectivity index (χ0) is 12.3. The van der Waals surface area contributed by atoms with Crippen LogP contribution in [0, 0.1) is 0 Å². The van der Waals surface area contributed by atoms with Crippen LogP contribution in [0.3, 0.4) is 0 Å². The first kappa shape index (κ1) is 12.4. The summed E-state index contributed by atoms with van der Waals surface area (Å²) >= 11 is 3.31. The van der Waals surface area contributed by atoms with Crippen LogP contribution in [0.25, 0.3) is 0 Å². The zero-order valence-corrected chi connectivity index (χ0v) is 10.8. The van der Waals surface area contributed by atoms with E-state index in [-0.39, 0.29) is 17.5 Å². The molecule has 0 aromatic heterocycles. The Morgan fingerprint density at radius 3 is 2.71 bits per heavy atom. The van der Waals surface area contributed by atoms with Gasteiger partial charge >= 0.3 is 6.09 Å². The van der Waals surface area contributed by atoms with Crippen molar-refractivity contribution < 1.29 is 14.6 Å². The highest BCUT2D eigenvalue weighted by Crippen LogP contribution is 2.18. The van der Waals surface area contributed by atoms with Gasteiger partial charge in [0.15, 0.2) is 0 Å². The summed E-state index contributed by atoms with van der Waals surface area (Å²) in [6, 6.07) is 9.52. The van der Waals surface area contributed by atoms with Gasteiger partial charge in [0, 0.05) is 6.54 Å². The lowest BCUT2D eigenvalue weighted by Crippen LogP contribution is -2.30. The predicted octanol–water partition coefficient (Wildman–Crippen LogP) is 1.76. The minimum atomic E-state index is -0.515. The Morgan fingerprint density at radius 1 is 1.41 bits per heavy atom. The summed E-state index contributed by atoms with van der Waals surface area (Å²) in [6.07, 6.45) is -0.894. The van der Waals surface area contributed by atoms with E-state index in [1.54, 1.807) is 0 Å². The molecule has 1 aliphatic heterocycles. The van der Waals surface area contributed by atoms with Gasteiger partial charge in [-0.05, 0) is 5.56 Å². The maximum Gasteiger partial charge on any atom is 0.410 e. The van der Waals surface area contributed by atoms with Crippen LogP contribution in [0.4, 0.5) is 4.79 Å². The molecule has 1 heterocycles. The molecular weight excluding hydrogens is 286 g/mol. The molecule has 0 aliphatic carbocycles. The largest absolute Gasteiger partial charge is 0.445 e. The van der Waals surface area contributed by atoms with Gasteiger partial charge in [-0.2, -0.15) is 0 Å². The van der Waals surface area contributed by atoms with Gasteiger partial charge in [-0.1, -0.05) is 46.3 Å². The molecule has 1 amide bonds. The third-order valence-corrected chi connectivity index (χ3v) is 3.58. The summed E-state index contributed by atoms with van der Waals surface area (Å²) in [5, 5.41) is 9.51. The number of aliphatic hydroxyl groups excluding tert-OH is 1. The second kappa shape index (κ2) is 5.51. The van der Waals surface area contributed by atoms with Gasteiger partial charge in [-0.25, -0.2) is 4.79 Å². The van der Waals surface area contributed by atoms with E-state index in [9.17, 15) is 9.90 Å². The number of hydrogen-bond acceptors (Lipinski definition) is 3. The summed E-state index contributed by atoms with van der Waals surface area (Å²) in [5.74, 6) is 0. The van der Waals surface area contributed by atoms with Crippen molar-refractivity contribution >= 4 is 22.0 Å². The third-order valence-electron chi connectivity index (χ3n) is 2.68. The number of benzene rings is 1. The number of hydrogen-bond donors (Lipinski definition) is 1. The Balaban J connectivity index is 1.82. The number of carbonyl (C=O) groups is 1. The Kier molecular flexibility index (Phi) is 4.02. The Labute approximate surface area is 108 Å². The van der Waals surface area contributed by atoms with Crippen molar-refractivity contribution in [2.24, 2.45) is 0 Å². The maximum atomic E-state index is 11.7. The Bertz CT molecular complexity index is 375. The summed E-state index contributed by atoms with van der Waals surface area (Å²) in [5.41, 5.74) is 0.955. The zero-order valence-electron chi connectivity index (χ0n) is 9.25. The minimum absolute atomic E-state index is 0.0632. The van der Waals surface area contributed by atoms with Crippen molar-refractivity contribution in [2.75, 3.05) is 13.1 Å². The molecule has 1 aliphatic rings. The van der Waals surface area contributed by atoms with E-state index < -0.39 is 6.10 Å². The van der Waals surface area contributed by atoms with E-state index in [0.29, 0.717) is 13.1 Å². The van der Waals surface area contributed by atoms with E-state index in [0.717, 1.165) is 5.56 Å². The predicted molar refractivity (Wildman–Crippen MR) is 66.9 cm³/mol. The fourth-order valence-corrected chi connectivity index (χ4v) is 2.22. The lowest BCUT2D eigenvalue weighted by Gasteiger charge is -2.15. The molecule has 0 bridgehead atoms. The number of nitrogens with zero attached hydrogens (tertiary/aromatic N) is 1. The quantitative estimate of drug-likeness (QED) is 0.847. The molecule has 17 heavy (non-hydrogen) atoms. The van der Waals surface area contributed by atoms with Crippen LogP contribution in [0.2, 0.25) is 0 Å². The number of likely N-dealkylation sites (tertiary alicyclic amines) is 1. The minimum Gasteiger partial charge on any atom is -0.445 e. The fourth-order valence-electron chi connectivity index (χ4n) is 1.71. The number of ether oxygens (including phenoxy) is 1. The number of rotatable bonds is 2. The van der Waals surface area contributed by atoms with Crippen molar-refractivity contribution in [3.63, 3.8) is 0 Å². The van der Waals surface area contributed by atoms with Gasteiger partial charge in [0.1, 0.15) is 6.61 Å². The SMILES string of the molecule is O=C(OCc1ccccc1)N1C[C@@H](Br)[C@@H](O)C1. The van der Waals surface area contributed by atoms with Gasteiger partial charge in [-0.3, -0.25) is 0 Å².